The molecule has 8 heteroatoms. The maximum atomic E-state index is 12.1. The zero-order chi connectivity index (χ0) is 29.2. The van der Waals surface area contributed by atoms with E-state index < -0.39 is 12.3 Å². The standard InChI is InChI=1S/C33H38N2O6/c1-3-18-35(2)21-28-19-30(25-10-8-23(22-36)9-11-25)41-33(40-28)26-14-12-24(13-15-26)29-7-5-4-6-27(29)20-34-31(37)16-17-32(38)39/h3-15,28,30,33,36H,1,16-22H2,2H3,(H,34,37)(H,38,39). The van der Waals surface area contributed by atoms with Crippen LogP contribution in [0.4, 0.5) is 0 Å². The molecule has 41 heavy (non-hydrogen) atoms. The van der Waals surface area contributed by atoms with E-state index in [2.05, 4.69) is 16.8 Å². The van der Waals surface area contributed by atoms with Gasteiger partial charge in [-0.05, 0) is 34.9 Å². The number of nitrogens with one attached hydrogen (secondary N) is 1. The Kier molecular flexibility index (Phi) is 10.8. The van der Waals surface area contributed by atoms with Gasteiger partial charge in [0.1, 0.15) is 0 Å². The number of carbonyl (C=O) groups is 2. The molecule has 1 heterocycles. The van der Waals surface area contributed by atoms with E-state index in [4.69, 9.17) is 14.6 Å². The van der Waals surface area contributed by atoms with E-state index in [0.29, 0.717) is 13.0 Å². The first-order valence-corrected chi connectivity index (χ1v) is 13.8. The van der Waals surface area contributed by atoms with Crippen molar-refractivity contribution in [1.29, 1.82) is 0 Å². The van der Waals surface area contributed by atoms with Crippen LogP contribution in [-0.2, 0) is 32.2 Å². The lowest BCUT2D eigenvalue weighted by Crippen LogP contribution is -2.37. The number of carbonyl (C=O) groups excluding carboxylic acids is 1. The predicted molar refractivity (Wildman–Crippen MR) is 157 cm³/mol. The molecule has 3 unspecified atom stereocenters. The Morgan fingerprint density at radius 3 is 2.39 bits per heavy atom. The van der Waals surface area contributed by atoms with Crippen molar-refractivity contribution in [3.63, 3.8) is 0 Å². The van der Waals surface area contributed by atoms with Gasteiger partial charge in [0.25, 0.3) is 0 Å². The molecule has 0 bridgehead atoms. The van der Waals surface area contributed by atoms with Crippen molar-refractivity contribution < 1.29 is 29.3 Å². The molecule has 1 fully saturated rings. The molecule has 4 rings (SSSR count). The minimum Gasteiger partial charge on any atom is -0.481 e. The molecule has 1 aliphatic heterocycles. The van der Waals surface area contributed by atoms with Crippen LogP contribution in [0.1, 0.15) is 53.9 Å². The number of hydrogen-bond donors (Lipinski definition) is 3. The van der Waals surface area contributed by atoms with Crippen LogP contribution in [0.2, 0.25) is 0 Å². The minimum atomic E-state index is -0.993. The van der Waals surface area contributed by atoms with Crippen molar-refractivity contribution in [2.45, 2.75) is 50.9 Å². The highest BCUT2D eigenvalue weighted by atomic mass is 16.7. The van der Waals surface area contributed by atoms with E-state index >= 15 is 0 Å². The summed E-state index contributed by atoms with van der Waals surface area (Å²) in [6.07, 6.45) is 1.58. The van der Waals surface area contributed by atoms with Crippen molar-refractivity contribution in [3.05, 3.63) is 108 Å². The monoisotopic (exact) mass is 558 g/mol. The third-order valence-corrected chi connectivity index (χ3v) is 7.12. The molecule has 1 saturated heterocycles. The molecule has 3 aromatic carbocycles. The second kappa shape index (κ2) is 14.7. The summed E-state index contributed by atoms with van der Waals surface area (Å²) >= 11 is 0. The number of hydrogen-bond acceptors (Lipinski definition) is 6. The summed E-state index contributed by atoms with van der Waals surface area (Å²) in [6.45, 7) is 5.64. The third kappa shape index (κ3) is 8.58. The fourth-order valence-electron chi connectivity index (χ4n) is 4.95. The Morgan fingerprint density at radius 2 is 1.71 bits per heavy atom. The number of benzene rings is 3. The largest absolute Gasteiger partial charge is 0.481 e. The first-order chi connectivity index (χ1) is 19.9. The summed E-state index contributed by atoms with van der Waals surface area (Å²) in [6, 6.07) is 23.7. The molecule has 3 atom stereocenters. The summed E-state index contributed by atoms with van der Waals surface area (Å²) < 4.78 is 12.9. The first-order valence-electron chi connectivity index (χ1n) is 13.8. The molecule has 1 amide bonds. The number of aliphatic carboxylic acids is 1. The average Bonchev–Trinajstić information content (AvgIpc) is 2.99. The number of amides is 1. The molecule has 0 spiro atoms. The molecular weight excluding hydrogens is 520 g/mol. The summed E-state index contributed by atoms with van der Waals surface area (Å²) in [5, 5.41) is 21.1. The van der Waals surface area contributed by atoms with Gasteiger partial charge in [-0.3, -0.25) is 9.59 Å². The lowest BCUT2D eigenvalue weighted by molar-refractivity contribution is -0.252. The molecule has 216 valence electrons. The van der Waals surface area contributed by atoms with Crippen LogP contribution in [0.25, 0.3) is 11.1 Å². The Hall–Kier alpha value is -3.82. The molecule has 0 radical (unpaired) electrons. The van der Waals surface area contributed by atoms with Gasteiger partial charge in [0.2, 0.25) is 5.91 Å². The normalized spacial score (nSPS) is 18.7. The van der Waals surface area contributed by atoms with Crippen molar-refractivity contribution in [3.8, 4) is 11.1 Å². The minimum absolute atomic E-state index is 0.000910. The number of carboxylic acid groups (broad SMARTS) is 1. The van der Waals surface area contributed by atoms with Gasteiger partial charge in [0.05, 0.1) is 25.2 Å². The summed E-state index contributed by atoms with van der Waals surface area (Å²) in [5.41, 5.74) is 5.71. The van der Waals surface area contributed by atoms with E-state index in [9.17, 15) is 14.7 Å². The molecule has 0 saturated carbocycles. The molecule has 0 aromatic heterocycles. The van der Waals surface area contributed by atoms with Crippen molar-refractivity contribution >= 4 is 11.9 Å². The summed E-state index contributed by atoms with van der Waals surface area (Å²) in [4.78, 5) is 25.0. The highest BCUT2D eigenvalue weighted by Crippen LogP contribution is 2.38. The predicted octanol–water partition coefficient (Wildman–Crippen LogP) is 4.99. The smallest absolute Gasteiger partial charge is 0.303 e. The fourth-order valence-corrected chi connectivity index (χ4v) is 4.95. The fraction of sp³-hybridized carbons (Fsp3) is 0.333. The number of likely N-dealkylation sites (N-methyl/N-ethyl adjacent to an activating group) is 1. The molecule has 3 N–H and O–H groups in total. The van der Waals surface area contributed by atoms with E-state index in [1.165, 1.54) is 0 Å². The van der Waals surface area contributed by atoms with E-state index in [1.807, 2.05) is 85.9 Å². The maximum absolute atomic E-state index is 12.1. The van der Waals surface area contributed by atoms with Gasteiger partial charge < -0.3 is 29.9 Å². The van der Waals surface area contributed by atoms with Crippen molar-refractivity contribution in [1.82, 2.24) is 10.2 Å². The van der Waals surface area contributed by atoms with E-state index in [0.717, 1.165) is 46.5 Å². The Labute approximate surface area is 241 Å². The van der Waals surface area contributed by atoms with Crippen LogP contribution >= 0.6 is 0 Å². The second-order valence-electron chi connectivity index (χ2n) is 10.3. The summed E-state index contributed by atoms with van der Waals surface area (Å²) in [5.74, 6) is -1.29. The number of aliphatic hydroxyl groups is 1. The second-order valence-corrected chi connectivity index (χ2v) is 10.3. The van der Waals surface area contributed by atoms with Crippen molar-refractivity contribution in [2.24, 2.45) is 0 Å². The molecule has 3 aromatic rings. The highest BCUT2D eigenvalue weighted by molar-refractivity contribution is 5.80. The van der Waals surface area contributed by atoms with Crippen LogP contribution in [0.15, 0.2) is 85.5 Å². The summed E-state index contributed by atoms with van der Waals surface area (Å²) in [7, 11) is 2.04. The number of carboxylic acids is 1. The Balaban J connectivity index is 1.50. The van der Waals surface area contributed by atoms with E-state index in [-0.39, 0.29) is 37.6 Å². The third-order valence-electron chi connectivity index (χ3n) is 7.12. The van der Waals surface area contributed by atoms with Crippen LogP contribution < -0.4 is 5.32 Å². The quantitative estimate of drug-likeness (QED) is 0.254. The van der Waals surface area contributed by atoms with Crippen LogP contribution in [0.5, 0.6) is 0 Å². The lowest BCUT2D eigenvalue weighted by Gasteiger charge is -2.37. The zero-order valence-corrected chi connectivity index (χ0v) is 23.4. The Morgan fingerprint density at radius 1 is 1.00 bits per heavy atom. The van der Waals surface area contributed by atoms with Gasteiger partial charge in [-0.15, -0.1) is 6.58 Å². The SMILES string of the molecule is C=CCN(C)CC1CC(c2ccc(CO)cc2)OC(c2ccc(-c3ccccc3CNC(=O)CCC(=O)O)cc2)O1. The average molecular weight is 559 g/mol. The molecule has 0 aliphatic carbocycles. The Bertz CT molecular complexity index is 1310. The van der Waals surface area contributed by atoms with Gasteiger partial charge in [-0.2, -0.15) is 0 Å². The highest BCUT2D eigenvalue weighted by Gasteiger charge is 2.32. The first kappa shape index (κ1) is 30.1. The number of nitrogens with zero attached hydrogens (tertiary/aromatic N) is 1. The van der Waals surface area contributed by atoms with Crippen molar-refractivity contribution in [2.75, 3.05) is 20.1 Å². The van der Waals surface area contributed by atoms with E-state index in [1.54, 1.807) is 0 Å². The van der Waals surface area contributed by atoms with Crippen LogP contribution in [-0.4, -0.2) is 53.2 Å². The van der Waals surface area contributed by atoms with Crippen LogP contribution in [0.3, 0.4) is 0 Å². The molecular formula is C33H38N2O6. The molecule has 8 nitrogen and oxygen atoms in total. The number of ether oxygens (including phenoxy) is 2. The van der Waals surface area contributed by atoms with Gasteiger partial charge in [0.15, 0.2) is 6.29 Å². The van der Waals surface area contributed by atoms with Gasteiger partial charge in [-0.1, -0.05) is 78.9 Å². The van der Waals surface area contributed by atoms with Gasteiger partial charge >= 0.3 is 5.97 Å². The lowest BCUT2D eigenvalue weighted by atomic mass is 9.97. The molecule has 1 aliphatic rings. The zero-order valence-electron chi connectivity index (χ0n) is 23.4. The van der Waals surface area contributed by atoms with Crippen LogP contribution in [0, 0.1) is 0 Å². The maximum Gasteiger partial charge on any atom is 0.303 e. The topological polar surface area (TPSA) is 108 Å². The van der Waals surface area contributed by atoms with Gasteiger partial charge in [-0.25, -0.2) is 0 Å². The van der Waals surface area contributed by atoms with Gasteiger partial charge in [0, 0.05) is 38.0 Å². The number of aliphatic hydroxyl groups excluding tert-OH is 1. The number of rotatable bonds is 13.